The third-order valence-electron chi connectivity index (χ3n) is 2.80. The van der Waals surface area contributed by atoms with Gasteiger partial charge in [-0.1, -0.05) is 60.7 Å². The van der Waals surface area contributed by atoms with E-state index in [0.717, 1.165) is 0 Å². The van der Waals surface area contributed by atoms with Crippen molar-refractivity contribution in [2.45, 2.75) is 11.8 Å². The lowest BCUT2D eigenvalue weighted by Crippen LogP contribution is -2.19. The first-order valence-corrected chi connectivity index (χ1v) is 6.43. The summed E-state index contributed by atoms with van der Waals surface area (Å²) in [4.78, 5) is 24.0. The molecule has 2 nitrogen and oxygen atoms in total. The van der Waals surface area contributed by atoms with Gasteiger partial charge in [0.05, 0.1) is 0 Å². The van der Waals surface area contributed by atoms with Gasteiger partial charge < -0.3 is 0 Å². The standard InChI is InChI=1S/C16H13ClO2/c17-14(16(19)13-9-5-2-6-10-13)11-15(18)12-7-3-1-4-8-12/h1-10,14H,11H2/t14-/m1/s1. The van der Waals surface area contributed by atoms with Crippen molar-refractivity contribution in [3.63, 3.8) is 0 Å². The van der Waals surface area contributed by atoms with Crippen LogP contribution in [0, 0.1) is 0 Å². The Hall–Kier alpha value is -1.93. The predicted octanol–water partition coefficient (Wildman–Crippen LogP) is 3.75. The molecule has 2 aromatic carbocycles. The molecule has 0 radical (unpaired) electrons. The average molecular weight is 273 g/mol. The maximum atomic E-state index is 12.0. The summed E-state index contributed by atoms with van der Waals surface area (Å²) in [6.45, 7) is 0. The number of benzene rings is 2. The van der Waals surface area contributed by atoms with Crippen LogP contribution in [0.1, 0.15) is 27.1 Å². The molecule has 0 saturated heterocycles. The zero-order valence-corrected chi connectivity index (χ0v) is 11.0. The van der Waals surface area contributed by atoms with Crippen LogP contribution in [-0.4, -0.2) is 16.9 Å². The molecule has 19 heavy (non-hydrogen) atoms. The van der Waals surface area contributed by atoms with Gasteiger partial charge in [0.1, 0.15) is 5.38 Å². The van der Waals surface area contributed by atoms with Gasteiger partial charge >= 0.3 is 0 Å². The zero-order chi connectivity index (χ0) is 13.7. The van der Waals surface area contributed by atoms with Gasteiger partial charge in [0.25, 0.3) is 0 Å². The Morgan fingerprint density at radius 2 is 1.32 bits per heavy atom. The summed E-state index contributed by atoms with van der Waals surface area (Å²) in [6, 6.07) is 17.6. The minimum Gasteiger partial charge on any atom is -0.294 e. The van der Waals surface area contributed by atoms with Crippen LogP contribution in [0.25, 0.3) is 0 Å². The molecule has 96 valence electrons. The number of rotatable bonds is 5. The Balaban J connectivity index is 2.04. The van der Waals surface area contributed by atoms with E-state index in [1.165, 1.54) is 0 Å². The summed E-state index contributed by atoms with van der Waals surface area (Å²) in [5.74, 6) is -0.337. The lowest BCUT2D eigenvalue weighted by Gasteiger charge is -2.08. The van der Waals surface area contributed by atoms with Crippen LogP contribution in [0.15, 0.2) is 60.7 Å². The number of halogens is 1. The van der Waals surface area contributed by atoms with Crippen molar-refractivity contribution in [3.05, 3.63) is 71.8 Å². The molecule has 0 saturated carbocycles. The van der Waals surface area contributed by atoms with Crippen LogP contribution in [-0.2, 0) is 0 Å². The summed E-state index contributed by atoms with van der Waals surface area (Å²) in [5, 5.41) is -0.824. The number of Topliss-reactive ketones (excluding diaryl/α,β-unsaturated/α-hetero) is 2. The van der Waals surface area contributed by atoms with E-state index in [9.17, 15) is 9.59 Å². The molecule has 0 heterocycles. The first kappa shape index (κ1) is 13.5. The fraction of sp³-hybridized carbons (Fsp3) is 0.125. The fourth-order valence-corrected chi connectivity index (χ4v) is 2.05. The van der Waals surface area contributed by atoms with E-state index in [-0.39, 0.29) is 18.0 Å². The Labute approximate surface area is 117 Å². The molecule has 0 aromatic heterocycles. The van der Waals surface area contributed by atoms with Crippen molar-refractivity contribution in [2.75, 3.05) is 0 Å². The van der Waals surface area contributed by atoms with E-state index in [1.54, 1.807) is 48.5 Å². The molecule has 2 aromatic rings. The highest BCUT2D eigenvalue weighted by Gasteiger charge is 2.21. The lowest BCUT2D eigenvalue weighted by molar-refractivity contribution is 0.0921. The number of alkyl halides is 1. The summed E-state index contributed by atoms with van der Waals surface area (Å²) in [7, 11) is 0. The first-order chi connectivity index (χ1) is 9.18. The Kier molecular flexibility index (Phi) is 4.48. The minimum absolute atomic E-state index is 0.0132. The summed E-state index contributed by atoms with van der Waals surface area (Å²) in [6.07, 6.45) is 0.0132. The van der Waals surface area contributed by atoms with Crippen LogP contribution in [0.4, 0.5) is 0 Å². The van der Waals surface area contributed by atoms with E-state index in [4.69, 9.17) is 11.6 Å². The molecule has 0 amide bonds. The molecule has 0 unspecified atom stereocenters. The molecule has 0 fully saturated rings. The number of carbonyl (C=O) groups is 2. The fourth-order valence-electron chi connectivity index (χ4n) is 1.78. The summed E-state index contributed by atoms with van der Waals surface area (Å²) >= 11 is 6.04. The van der Waals surface area contributed by atoms with Gasteiger partial charge in [-0.15, -0.1) is 11.6 Å². The molecule has 0 aliphatic carbocycles. The highest BCUT2D eigenvalue weighted by Crippen LogP contribution is 2.15. The SMILES string of the molecule is O=C(C[C@@H](Cl)C(=O)c1ccccc1)c1ccccc1. The van der Waals surface area contributed by atoms with Gasteiger partial charge in [-0.3, -0.25) is 9.59 Å². The summed E-state index contributed by atoms with van der Waals surface area (Å²) in [5.41, 5.74) is 1.11. The van der Waals surface area contributed by atoms with Crippen LogP contribution < -0.4 is 0 Å². The Morgan fingerprint density at radius 1 is 0.842 bits per heavy atom. The Morgan fingerprint density at radius 3 is 1.84 bits per heavy atom. The van der Waals surface area contributed by atoms with Gasteiger partial charge in [0.2, 0.25) is 0 Å². The molecule has 0 aliphatic rings. The third kappa shape index (κ3) is 3.52. The van der Waals surface area contributed by atoms with E-state index in [1.807, 2.05) is 12.1 Å². The second-order valence-electron chi connectivity index (χ2n) is 4.19. The molecular formula is C16H13ClO2. The normalized spacial score (nSPS) is 11.8. The molecule has 2 rings (SSSR count). The molecule has 0 aliphatic heterocycles. The van der Waals surface area contributed by atoms with Crippen molar-refractivity contribution in [1.82, 2.24) is 0 Å². The topological polar surface area (TPSA) is 34.1 Å². The largest absolute Gasteiger partial charge is 0.294 e. The van der Waals surface area contributed by atoms with E-state index >= 15 is 0 Å². The minimum atomic E-state index is -0.824. The van der Waals surface area contributed by atoms with Crippen LogP contribution in [0.5, 0.6) is 0 Å². The smallest absolute Gasteiger partial charge is 0.181 e. The number of ketones is 2. The maximum Gasteiger partial charge on any atom is 0.181 e. The molecular weight excluding hydrogens is 260 g/mol. The molecule has 0 spiro atoms. The second-order valence-corrected chi connectivity index (χ2v) is 4.72. The molecule has 1 atom stereocenters. The van der Waals surface area contributed by atoms with Gasteiger partial charge in [-0.2, -0.15) is 0 Å². The molecule has 0 N–H and O–H groups in total. The van der Waals surface area contributed by atoms with Crippen LogP contribution in [0.3, 0.4) is 0 Å². The second kappa shape index (κ2) is 6.30. The highest BCUT2D eigenvalue weighted by molar-refractivity contribution is 6.35. The van der Waals surface area contributed by atoms with E-state index in [0.29, 0.717) is 11.1 Å². The molecule has 3 heteroatoms. The van der Waals surface area contributed by atoms with Crippen molar-refractivity contribution in [1.29, 1.82) is 0 Å². The van der Waals surface area contributed by atoms with Crippen molar-refractivity contribution < 1.29 is 9.59 Å². The van der Waals surface area contributed by atoms with Crippen molar-refractivity contribution in [2.24, 2.45) is 0 Å². The molecule has 0 bridgehead atoms. The van der Waals surface area contributed by atoms with Crippen molar-refractivity contribution >= 4 is 23.2 Å². The van der Waals surface area contributed by atoms with Gasteiger partial charge in [0, 0.05) is 17.5 Å². The highest BCUT2D eigenvalue weighted by atomic mass is 35.5. The van der Waals surface area contributed by atoms with E-state index < -0.39 is 5.38 Å². The van der Waals surface area contributed by atoms with Crippen LogP contribution in [0.2, 0.25) is 0 Å². The maximum absolute atomic E-state index is 12.0. The zero-order valence-electron chi connectivity index (χ0n) is 10.3. The number of carbonyl (C=O) groups excluding carboxylic acids is 2. The third-order valence-corrected chi connectivity index (χ3v) is 3.16. The summed E-state index contributed by atoms with van der Waals surface area (Å²) < 4.78 is 0. The average Bonchev–Trinajstić information content (AvgIpc) is 2.48. The van der Waals surface area contributed by atoms with E-state index in [2.05, 4.69) is 0 Å². The van der Waals surface area contributed by atoms with Gasteiger partial charge in [-0.25, -0.2) is 0 Å². The number of hydrogen-bond acceptors (Lipinski definition) is 2. The number of hydrogen-bond donors (Lipinski definition) is 0. The Bertz CT molecular complexity index is 564. The predicted molar refractivity (Wildman–Crippen MR) is 75.8 cm³/mol. The monoisotopic (exact) mass is 272 g/mol. The first-order valence-electron chi connectivity index (χ1n) is 6.00. The van der Waals surface area contributed by atoms with Gasteiger partial charge in [0.15, 0.2) is 11.6 Å². The van der Waals surface area contributed by atoms with Crippen molar-refractivity contribution in [3.8, 4) is 0 Å². The quantitative estimate of drug-likeness (QED) is 0.614. The lowest BCUT2D eigenvalue weighted by atomic mass is 10.0. The van der Waals surface area contributed by atoms with Crippen LogP contribution >= 0.6 is 11.6 Å². The van der Waals surface area contributed by atoms with Gasteiger partial charge in [-0.05, 0) is 0 Å².